The molecule has 0 aliphatic heterocycles. The van der Waals surface area contributed by atoms with Gasteiger partial charge in [0.25, 0.3) is 5.91 Å². The third-order valence-electron chi connectivity index (χ3n) is 2.80. The molecule has 3 rings (SSSR count). The van der Waals surface area contributed by atoms with E-state index in [1.165, 1.54) is 23.5 Å². The number of benzene rings is 1. The van der Waals surface area contributed by atoms with Crippen molar-refractivity contribution in [3.05, 3.63) is 53.3 Å². The Labute approximate surface area is 120 Å². The van der Waals surface area contributed by atoms with E-state index < -0.39 is 17.6 Å². The number of fused-ring (bicyclic) bond motifs is 1. The van der Waals surface area contributed by atoms with Crippen molar-refractivity contribution in [2.24, 2.45) is 0 Å². The van der Waals surface area contributed by atoms with Crippen LogP contribution < -0.4 is 5.32 Å². The van der Waals surface area contributed by atoms with Gasteiger partial charge in [0, 0.05) is 23.5 Å². The number of hydrogen-bond donors (Lipinski definition) is 1. The number of nitrogens with zero attached hydrogens (tertiary/aromatic N) is 2. The summed E-state index contributed by atoms with van der Waals surface area (Å²) in [6, 6.07) is 4.25. The number of hydrogen-bond acceptors (Lipinski definition) is 3. The minimum atomic E-state index is -4.39. The molecule has 0 unspecified atom stereocenters. The van der Waals surface area contributed by atoms with Crippen LogP contribution in [0.3, 0.4) is 0 Å². The second-order valence-electron chi connectivity index (χ2n) is 4.25. The fourth-order valence-corrected chi connectivity index (χ4v) is 2.47. The lowest BCUT2D eigenvalue weighted by Crippen LogP contribution is -2.12. The first-order chi connectivity index (χ1) is 9.93. The van der Waals surface area contributed by atoms with Gasteiger partial charge in [0.15, 0.2) is 4.96 Å². The summed E-state index contributed by atoms with van der Waals surface area (Å²) in [6.45, 7) is 0. The molecule has 0 fully saturated rings. The average molecular weight is 311 g/mol. The normalized spacial score (nSPS) is 11.8. The minimum absolute atomic E-state index is 0.210. The molecule has 2 heterocycles. The second kappa shape index (κ2) is 4.88. The van der Waals surface area contributed by atoms with Crippen LogP contribution in [0.4, 0.5) is 18.9 Å². The molecule has 0 saturated carbocycles. The van der Waals surface area contributed by atoms with E-state index >= 15 is 0 Å². The molecular formula is C13H8F3N3OS. The number of rotatable bonds is 2. The lowest BCUT2D eigenvalue weighted by Gasteiger charge is -2.08. The molecule has 8 heteroatoms. The van der Waals surface area contributed by atoms with Crippen molar-refractivity contribution in [1.82, 2.24) is 9.38 Å². The Hall–Kier alpha value is -2.35. The largest absolute Gasteiger partial charge is 0.416 e. The number of imidazole rings is 1. The van der Waals surface area contributed by atoms with Crippen LogP contribution in [0.25, 0.3) is 4.96 Å². The molecule has 2 aromatic heterocycles. The Bertz CT molecular complexity index is 760. The highest BCUT2D eigenvalue weighted by Gasteiger charge is 2.30. The van der Waals surface area contributed by atoms with Crippen LogP contribution in [0.1, 0.15) is 16.1 Å². The highest BCUT2D eigenvalue weighted by molar-refractivity contribution is 7.15. The molecule has 0 aliphatic carbocycles. The summed E-state index contributed by atoms with van der Waals surface area (Å²) in [5.41, 5.74) is -0.269. The topological polar surface area (TPSA) is 46.4 Å². The van der Waals surface area contributed by atoms with Gasteiger partial charge in [-0.05, 0) is 24.3 Å². The quantitative estimate of drug-likeness (QED) is 0.785. The van der Waals surface area contributed by atoms with Crippen LogP contribution in [0.2, 0.25) is 0 Å². The summed E-state index contributed by atoms with van der Waals surface area (Å²) in [5, 5.41) is 4.34. The molecule has 0 spiro atoms. The first kappa shape index (κ1) is 13.6. The second-order valence-corrected chi connectivity index (χ2v) is 5.12. The molecule has 1 N–H and O–H groups in total. The Kier molecular flexibility index (Phi) is 3.17. The number of amides is 1. The number of carbonyl (C=O) groups excluding carboxylic acids is 1. The molecule has 4 nitrogen and oxygen atoms in total. The third-order valence-corrected chi connectivity index (χ3v) is 3.57. The van der Waals surface area contributed by atoms with E-state index in [-0.39, 0.29) is 11.4 Å². The zero-order chi connectivity index (χ0) is 15.0. The Morgan fingerprint density at radius 1 is 1.24 bits per heavy atom. The first-order valence-corrected chi connectivity index (χ1v) is 6.72. The Morgan fingerprint density at radius 2 is 1.95 bits per heavy atom. The maximum absolute atomic E-state index is 12.4. The zero-order valence-corrected chi connectivity index (χ0v) is 11.2. The predicted octanol–water partition coefficient (Wildman–Crippen LogP) is 3.67. The van der Waals surface area contributed by atoms with Crippen LogP contribution in [0, 0.1) is 0 Å². The van der Waals surface area contributed by atoms with Crippen LogP contribution in [-0.4, -0.2) is 15.3 Å². The molecule has 0 aliphatic rings. The molecule has 108 valence electrons. The molecule has 0 saturated heterocycles. The molecule has 0 radical (unpaired) electrons. The number of nitrogens with one attached hydrogen (secondary N) is 1. The van der Waals surface area contributed by atoms with Crippen molar-refractivity contribution in [2.45, 2.75) is 6.18 Å². The van der Waals surface area contributed by atoms with E-state index in [1.807, 2.05) is 5.38 Å². The predicted molar refractivity (Wildman–Crippen MR) is 72.5 cm³/mol. The number of thiazole rings is 1. The van der Waals surface area contributed by atoms with Gasteiger partial charge < -0.3 is 5.32 Å². The van der Waals surface area contributed by atoms with Crippen molar-refractivity contribution in [2.75, 3.05) is 5.32 Å². The smallest absolute Gasteiger partial charge is 0.321 e. The highest BCUT2D eigenvalue weighted by Crippen LogP contribution is 2.29. The van der Waals surface area contributed by atoms with Crippen molar-refractivity contribution in [3.63, 3.8) is 0 Å². The molecule has 0 atom stereocenters. The van der Waals surface area contributed by atoms with Crippen LogP contribution >= 0.6 is 11.3 Å². The maximum atomic E-state index is 12.4. The van der Waals surface area contributed by atoms with Crippen molar-refractivity contribution >= 4 is 27.9 Å². The number of alkyl halides is 3. The Morgan fingerprint density at radius 3 is 2.57 bits per heavy atom. The van der Waals surface area contributed by atoms with Gasteiger partial charge in [-0.1, -0.05) is 0 Å². The van der Waals surface area contributed by atoms with Crippen molar-refractivity contribution < 1.29 is 18.0 Å². The number of anilines is 1. The standard InChI is InChI=1S/C13H8F3N3OS/c14-13(15,16)8-1-3-9(4-2-8)17-11(20)10-7-19-5-6-21-12(19)18-10/h1-7H,(H,17,20). The van der Waals surface area contributed by atoms with Crippen LogP contribution in [0.5, 0.6) is 0 Å². The van der Waals surface area contributed by atoms with Crippen LogP contribution in [0.15, 0.2) is 42.0 Å². The van der Waals surface area contributed by atoms with Gasteiger partial charge in [0.05, 0.1) is 5.56 Å². The van der Waals surface area contributed by atoms with E-state index in [2.05, 4.69) is 10.3 Å². The summed E-state index contributed by atoms with van der Waals surface area (Å²) in [6.07, 6.45) is -1.07. The van der Waals surface area contributed by atoms with Gasteiger partial charge in [-0.15, -0.1) is 11.3 Å². The van der Waals surface area contributed by atoms with Gasteiger partial charge in [-0.3, -0.25) is 9.20 Å². The fraction of sp³-hybridized carbons (Fsp3) is 0.0769. The van der Waals surface area contributed by atoms with E-state index in [0.717, 1.165) is 12.1 Å². The summed E-state index contributed by atoms with van der Waals surface area (Å²) in [5.74, 6) is -0.467. The summed E-state index contributed by atoms with van der Waals surface area (Å²) >= 11 is 1.38. The number of carbonyl (C=O) groups is 1. The lowest BCUT2D eigenvalue weighted by molar-refractivity contribution is -0.137. The summed E-state index contributed by atoms with van der Waals surface area (Å²) < 4.78 is 39.0. The first-order valence-electron chi connectivity index (χ1n) is 5.84. The molecule has 0 bridgehead atoms. The Balaban J connectivity index is 1.76. The van der Waals surface area contributed by atoms with Gasteiger partial charge >= 0.3 is 6.18 Å². The molecule has 3 aromatic rings. The maximum Gasteiger partial charge on any atom is 0.416 e. The number of halogens is 3. The lowest BCUT2D eigenvalue weighted by atomic mass is 10.2. The van der Waals surface area contributed by atoms with Gasteiger partial charge in [-0.25, -0.2) is 4.98 Å². The van der Waals surface area contributed by atoms with Gasteiger partial charge in [-0.2, -0.15) is 13.2 Å². The van der Waals surface area contributed by atoms with Crippen molar-refractivity contribution in [1.29, 1.82) is 0 Å². The van der Waals surface area contributed by atoms with Crippen molar-refractivity contribution in [3.8, 4) is 0 Å². The van der Waals surface area contributed by atoms with E-state index in [0.29, 0.717) is 4.96 Å². The van der Waals surface area contributed by atoms with Gasteiger partial charge in [0.1, 0.15) is 5.69 Å². The van der Waals surface area contributed by atoms with E-state index in [9.17, 15) is 18.0 Å². The highest BCUT2D eigenvalue weighted by atomic mass is 32.1. The summed E-state index contributed by atoms with van der Waals surface area (Å²) in [7, 11) is 0. The minimum Gasteiger partial charge on any atom is -0.321 e. The molecule has 21 heavy (non-hydrogen) atoms. The van der Waals surface area contributed by atoms with E-state index in [4.69, 9.17) is 0 Å². The van der Waals surface area contributed by atoms with Crippen LogP contribution in [-0.2, 0) is 6.18 Å². The third kappa shape index (κ3) is 2.75. The molecule has 1 amide bonds. The SMILES string of the molecule is O=C(Nc1ccc(C(F)(F)F)cc1)c1cn2ccsc2n1. The van der Waals surface area contributed by atoms with E-state index in [1.54, 1.807) is 16.8 Å². The molecule has 1 aromatic carbocycles. The van der Waals surface area contributed by atoms with Gasteiger partial charge in [0.2, 0.25) is 0 Å². The fourth-order valence-electron chi connectivity index (χ4n) is 1.77. The zero-order valence-electron chi connectivity index (χ0n) is 10.4. The molecular weight excluding hydrogens is 303 g/mol. The monoisotopic (exact) mass is 311 g/mol. The summed E-state index contributed by atoms with van der Waals surface area (Å²) in [4.78, 5) is 16.7. The number of aromatic nitrogens is 2. The average Bonchev–Trinajstić information content (AvgIpc) is 2.98.